The average molecular weight is 203 g/mol. The Hall–Kier alpha value is -0.650. The van der Waals surface area contributed by atoms with Crippen molar-refractivity contribution in [2.24, 2.45) is 5.73 Å². The van der Waals surface area contributed by atoms with E-state index in [0.717, 1.165) is 6.42 Å². The molecular formula is C9H21N3O2. The minimum absolute atomic E-state index is 0.0152. The van der Waals surface area contributed by atoms with Crippen molar-refractivity contribution in [3.05, 3.63) is 0 Å². The number of amides is 1. The molecule has 0 saturated carbocycles. The Bertz CT molecular complexity index is 164. The first kappa shape index (κ1) is 13.4. The van der Waals surface area contributed by atoms with Gasteiger partial charge in [-0.1, -0.05) is 6.92 Å². The van der Waals surface area contributed by atoms with Gasteiger partial charge in [0.1, 0.15) is 0 Å². The molecule has 5 nitrogen and oxygen atoms in total. The van der Waals surface area contributed by atoms with Crippen LogP contribution >= 0.6 is 0 Å². The minimum atomic E-state index is -0.557. The SMILES string of the molecule is CCCNC(=O)CN(C)CC(O)CN. The van der Waals surface area contributed by atoms with Crippen LogP contribution in [-0.2, 0) is 4.79 Å². The molecule has 1 atom stereocenters. The summed E-state index contributed by atoms with van der Waals surface area (Å²) in [7, 11) is 1.78. The molecule has 4 N–H and O–H groups in total. The number of likely N-dealkylation sites (N-methyl/N-ethyl adjacent to an activating group) is 1. The second kappa shape index (κ2) is 7.73. The lowest BCUT2D eigenvalue weighted by Gasteiger charge is -2.18. The van der Waals surface area contributed by atoms with Crippen LogP contribution in [0.5, 0.6) is 0 Å². The van der Waals surface area contributed by atoms with Crippen molar-refractivity contribution >= 4 is 5.91 Å². The van der Waals surface area contributed by atoms with Gasteiger partial charge in [-0.15, -0.1) is 0 Å². The third-order valence-electron chi connectivity index (χ3n) is 1.78. The number of aliphatic hydroxyl groups is 1. The molecule has 0 aliphatic carbocycles. The van der Waals surface area contributed by atoms with E-state index in [0.29, 0.717) is 19.6 Å². The molecule has 0 aromatic heterocycles. The van der Waals surface area contributed by atoms with Crippen molar-refractivity contribution in [3.63, 3.8) is 0 Å². The molecule has 0 aliphatic heterocycles. The van der Waals surface area contributed by atoms with Crippen LogP contribution in [0, 0.1) is 0 Å². The van der Waals surface area contributed by atoms with E-state index in [2.05, 4.69) is 5.32 Å². The van der Waals surface area contributed by atoms with E-state index in [1.54, 1.807) is 11.9 Å². The van der Waals surface area contributed by atoms with Crippen molar-refractivity contribution in [2.45, 2.75) is 19.4 Å². The molecule has 0 saturated heterocycles. The van der Waals surface area contributed by atoms with Crippen LogP contribution in [0.1, 0.15) is 13.3 Å². The molecule has 0 rings (SSSR count). The molecule has 84 valence electrons. The van der Waals surface area contributed by atoms with Gasteiger partial charge < -0.3 is 16.2 Å². The quantitative estimate of drug-likeness (QED) is 0.484. The maximum Gasteiger partial charge on any atom is 0.234 e. The lowest BCUT2D eigenvalue weighted by atomic mass is 10.3. The molecule has 14 heavy (non-hydrogen) atoms. The highest BCUT2D eigenvalue weighted by Crippen LogP contribution is 1.87. The zero-order valence-corrected chi connectivity index (χ0v) is 8.99. The number of nitrogens with two attached hydrogens (primary N) is 1. The molecule has 0 aliphatic rings. The third kappa shape index (κ3) is 6.82. The Labute approximate surface area is 85.3 Å². The van der Waals surface area contributed by atoms with Gasteiger partial charge in [0.25, 0.3) is 0 Å². The van der Waals surface area contributed by atoms with Crippen LogP contribution in [0.3, 0.4) is 0 Å². The van der Waals surface area contributed by atoms with E-state index >= 15 is 0 Å². The minimum Gasteiger partial charge on any atom is -0.390 e. The van der Waals surface area contributed by atoms with E-state index in [4.69, 9.17) is 5.73 Å². The Kier molecular flexibility index (Phi) is 7.37. The summed E-state index contributed by atoms with van der Waals surface area (Å²) in [5.74, 6) is -0.0152. The number of nitrogens with one attached hydrogen (secondary N) is 1. The Morgan fingerprint density at radius 1 is 1.64 bits per heavy atom. The highest BCUT2D eigenvalue weighted by atomic mass is 16.3. The average Bonchev–Trinajstić information content (AvgIpc) is 2.14. The maximum atomic E-state index is 11.2. The summed E-state index contributed by atoms with van der Waals surface area (Å²) < 4.78 is 0. The summed E-state index contributed by atoms with van der Waals surface area (Å²) in [5, 5.41) is 12.0. The molecule has 0 spiro atoms. The van der Waals surface area contributed by atoms with Crippen LogP contribution < -0.4 is 11.1 Å². The fourth-order valence-electron chi connectivity index (χ4n) is 1.06. The summed E-state index contributed by atoms with van der Waals surface area (Å²) >= 11 is 0. The fraction of sp³-hybridized carbons (Fsp3) is 0.889. The van der Waals surface area contributed by atoms with Gasteiger partial charge >= 0.3 is 0 Å². The summed E-state index contributed by atoms with van der Waals surface area (Å²) in [4.78, 5) is 13.0. The van der Waals surface area contributed by atoms with E-state index in [9.17, 15) is 9.90 Å². The largest absolute Gasteiger partial charge is 0.390 e. The zero-order valence-electron chi connectivity index (χ0n) is 8.99. The van der Waals surface area contributed by atoms with Crippen LogP contribution in [0.15, 0.2) is 0 Å². The molecule has 0 heterocycles. The van der Waals surface area contributed by atoms with Crippen molar-refractivity contribution in [1.29, 1.82) is 0 Å². The summed E-state index contributed by atoms with van der Waals surface area (Å²) in [6, 6.07) is 0. The summed E-state index contributed by atoms with van der Waals surface area (Å²) in [6.07, 6.45) is 0.375. The molecule has 0 bridgehead atoms. The first-order chi connectivity index (χ1) is 6.60. The van der Waals surface area contributed by atoms with Gasteiger partial charge in [0, 0.05) is 19.6 Å². The van der Waals surface area contributed by atoms with Crippen LogP contribution in [-0.4, -0.2) is 55.2 Å². The summed E-state index contributed by atoms with van der Waals surface area (Å²) in [5.41, 5.74) is 5.25. The predicted molar refractivity (Wildman–Crippen MR) is 55.9 cm³/mol. The topological polar surface area (TPSA) is 78.6 Å². The molecule has 0 aromatic carbocycles. The number of hydrogen-bond donors (Lipinski definition) is 3. The number of carbonyl (C=O) groups is 1. The highest BCUT2D eigenvalue weighted by Gasteiger charge is 2.09. The number of nitrogens with zero attached hydrogens (tertiary/aromatic N) is 1. The van der Waals surface area contributed by atoms with Crippen LogP contribution in [0.4, 0.5) is 0 Å². The van der Waals surface area contributed by atoms with Gasteiger partial charge in [-0.25, -0.2) is 0 Å². The molecule has 0 radical (unpaired) electrons. The number of carbonyl (C=O) groups excluding carboxylic acids is 1. The summed E-state index contributed by atoms with van der Waals surface area (Å²) in [6.45, 7) is 3.66. The lowest BCUT2D eigenvalue weighted by Crippen LogP contribution is -2.40. The van der Waals surface area contributed by atoms with E-state index < -0.39 is 6.10 Å². The Balaban J connectivity index is 3.60. The smallest absolute Gasteiger partial charge is 0.234 e. The Morgan fingerprint density at radius 2 is 2.29 bits per heavy atom. The van der Waals surface area contributed by atoms with Crippen molar-refractivity contribution in [3.8, 4) is 0 Å². The second-order valence-electron chi connectivity index (χ2n) is 3.44. The zero-order chi connectivity index (χ0) is 11.0. The number of rotatable bonds is 7. The van der Waals surface area contributed by atoms with Gasteiger partial charge in [0.15, 0.2) is 0 Å². The first-order valence-electron chi connectivity index (χ1n) is 4.93. The monoisotopic (exact) mass is 203 g/mol. The highest BCUT2D eigenvalue weighted by molar-refractivity contribution is 5.77. The van der Waals surface area contributed by atoms with Crippen molar-refractivity contribution in [2.75, 3.05) is 33.2 Å². The van der Waals surface area contributed by atoms with Crippen molar-refractivity contribution in [1.82, 2.24) is 10.2 Å². The molecular weight excluding hydrogens is 182 g/mol. The number of hydrogen-bond acceptors (Lipinski definition) is 4. The second-order valence-corrected chi connectivity index (χ2v) is 3.44. The van der Waals surface area contributed by atoms with Gasteiger partial charge in [-0.3, -0.25) is 9.69 Å². The maximum absolute atomic E-state index is 11.2. The first-order valence-corrected chi connectivity index (χ1v) is 4.93. The van der Waals surface area contributed by atoms with Crippen molar-refractivity contribution < 1.29 is 9.90 Å². The molecule has 0 aromatic rings. The van der Waals surface area contributed by atoms with E-state index in [1.807, 2.05) is 6.92 Å². The molecule has 1 unspecified atom stereocenters. The third-order valence-corrected chi connectivity index (χ3v) is 1.78. The Morgan fingerprint density at radius 3 is 2.79 bits per heavy atom. The molecule has 5 heteroatoms. The van der Waals surface area contributed by atoms with Gasteiger partial charge in [-0.2, -0.15) is 0 Å². The van der Waals surface area contributed by atoms with Crippen LogP contribution in [0.2, 0.25) is 0 Å². The standard InChI is InChI=1S/C9H21N3O2/c1-3-4-11-9(14)7-12(2)6-8(13)5-10/h8,13H,3-7,10H2,1-2H3,(H,11,14). The lowest BCUT2D eigenvalue weighted by molar-refractivity contribution is -0.122. The molecule has 0 fully saturated rings. The molecule has 1 amide bonds. The number of aliphatic hydroxyl groups excluding tert-OH is 1. The normalized spacial score (nSPS) is 12.9. The van der Waals surface area contributed by atoms with E-state index in [1.165, 1.54) is 0 Å². The predicted octanol–water partition coefficient (Wildman–Crippen LogP) is -1.24. The van der Waals surface area contributed by atoms with E-state index in [-0.39, 0.29) is 12.5 Å². The van der Waals surface area contributed by atoms with Crippen LogP contribution in [0.25, 0.3) is 0 Å². The van der Waals surface area contributed by atoms with Gasteiger partial charge in [0.2, 0.25) is 5.91 Å². The fourth-order valence-corrected chi connectivity index (χ4v) is 1.06. The van der Waals surface area contributed by atoms with Gasteiger partial charge in [-0.05, 0) is 13.5 Å². The van der Waals surface area contributed by atoms with Gasteiger partial charge in [0.05, 0.1) is 12.6 Å².